The first-order valence-electron chi connectivity index (χ1n) is 6.84. The summed E-state index contributed by atoms with van der Waals surface area (Å²) in [5.41, 5.74) is 2.75. The van der Waals surface area contributed by atoms with Gasteiger partial charge in [0.05, 0.1) is 17.9 Å². The molecule has 21 heavy (non-hydrogen) atoms. The average Bonchev–Trinajstić information content (AvgIpc) is 3.04. The molecule has 1 N–H and O–H groups in total. The molecule has 0 aliphatic carbocycles. The van der Waals surface area contributed by atoms with Crippen molar-refractivity contribution >= 4 is 0 Å². The largest absolute Gasteiger partial charge is 0.305 e. The number of hydrogen-bond donors (Lipinski definition) is 1. The SMILES string of the molecule is CCNC(c1cncnc1)c1cnn(-c2ccccc2)n1. The van der Waals surface area contributed by atoms with Gasteiger partial charge < -0.3 is 5.32 Å². The fourth-order valence-electron chi connectivity index (χ4n) is 2.15. The van der Waals surface area contributed by atoms with Crippen LogP contribution in [-0.4, -0.2) is 31.5 Å². The second-order valence-electron chi connectivity index (χ2n) is 4.56. The lowest BCUT2D eigenvalue weighted by Gasteiger charge is -2.14. The van der Waals surface area contributed by atoms with Crippen molar-refractivity contribution in [3.8, 4) is 5.69 Å². The van der Waals surface area contributed by atoms with Gasteiger partial charge in [0, 0.05) is 18.0 Å². The average molecular weight is 280 g/mol. The molecule has 0 fully saturated rings. The molecule has 0 aliphatic rings. The van der Waals surface area contributed by atoms with Gasteiger partial charge in [0.15, 0.2) is 0 Å². The van der Waals surface area contributed by atoms with Crippen molar-refractivity contribution in [2.75, 3.05) is 6.54 Å². The van der Waals surface area contributed by atoms with E-state index in [1.807, 2.05) is 30.3 Å². The van der Waals surface area contributed by atoms with Crippen LogP contribution in [-0.2, 0) is 0 Å². The Morgan fingerprint density at radius 3 is 2.57 bits per heavy atom. The van der Waals surface area contributed by atoms with Crippen LogP contribution in [0.2, 0.25) is 0 Å². The molecule has 6 nitrogen and oxygen atoms in total. The lowest BCUT2D eigenvalue weighted by molar-refractivity contribution is 0.601. The van der Waals surface area contributed by atoms with Gasteiger partial charge in [-0.1, -0.05) is 25.1 Å². The van der Waals surface area contributed by atoms with Crippen molar-refractivity contribution in [3.05, 3.63) is 66.5 Å². The Kier molecular flexibility index (Phi) is 3.97. The highest BCUT2D eigenvalue weighted by molar-refractivity contribution is 5.29. The van der Waals surface area contributed by atoms with E-state index in [1.54, 1.807) is 23.4 Å². The molecule has 3 rings (SSSR count). The van der Waals surface area contributed by atoms with Crippen molar-refractivity contribution in [1.82, 2.24) is 30.3 Å². The van der Waals surface area contributed by atoms with E-state index in [1.165, 1.54) is 6.33 Å². The van der Waals surface area contributed by atoms with Crippen LogP contribution in [0.3, 0.4) is 0 Å². The summed E-state index contributed by atoms with van der Waals surface area (Å²) < 4.78 is 0. The maximum Gasteiger partial charge on any atom is 0.115 e. The number of nitrogens with zero attached hydrogens (tertiary/aromatic N) is 5. The third-order valence-corrected chi connectivity index (χ3v) is 3.11. The van der Waals surface area contributed by atoms with Gasteiger partial charge in [0.2, 0.25) is 0 Å². The number of para-hydroxylation sites is 1. The van der Waals surface area contributed by atoms with Gasteiger partial charge >= 0.3 is 0 Å². The second kappa shape index (κ2) is 6.23. The summed E-state index contributed by atoms with van der Waals surface area (Å²) in [6.45, 7) is 2.87. The van der Waals surface area contributed by atoms with Crippen LogP contribution < -0.4 is 5.32 Å². The zero-order valence-electron chi connectivity index (χ0n) is 11.7. The molecule has 3 aromatic rings. The lowest BCUT2D eigenvalue weighted by Crippen LogP contribution is -2.23. The number of rotatable bonds is 5. The number of benzene rings is 1. The predicted octanol–water partition coefficient (Wildman–Crippen LogP) is 1.76. The molecule has 0 saturated heterocycles. The second-order valence-corrected chi connectivity index (χ2v) is 4.56. The lowest BCUT2D eigenvalue weighted by atomic mass is 10.1. The Labute approximate surface area is 122 Å². The summed E-state index contributed by atoms with van der Waals surface area (Å²) in [5.74, 6) is 0. The van der Waals surface area contributed by atoms with E-state index in [2.05, 4.69) is 32.4 Å². The van der Waals surface area contributed by atoms with E-state index in [4.69, 9.17) is 0 Å². The highest BCUT2D eigenvalue weighted by Gasteiger charge is 2.17. The minimum absolute atomic E-state index is 0.0614. The molecule has 6 heteroatoms. The highest BCUT2D eigenvalue weighted by Crippen LogP contribution is 2.18. The molecule has 1 atom stereocenters. The Bertz CT molecular complexity index is 680. The first-order valence-corrected chi connectivity index (χ1v) is 6.84. The van der Waals surface area contributed by atoms with E-state index >= 15 is 0 Å². The number of nitrogens with one attached hydrogen (secondary N) is 1. The summed E-state index contributed by atoms with van der Waals surface area (Å²) in [6, 6.07) is 9.77. The van der Waals surface area contributed by atoms with Gasteiger partial charge in [0.25, 0.3) is 0 Å². The van der Waals surface area contributed by atoms with Crippen molar-refractivity contribution in [2.24, 2.45) is 0 Å². The molecular formula is C15H16N6. The molecular weight excluding hydrogens is 264 g/mol. The summed E-state index contributed by atoms with van der Waals surface area (Å²) in [7, 11) is 0. The van der Waals surface area contributed by atoms with Crippen LogP contribution in [0.1, 0.15) is 24.2 Å². The maximum absolute atomic E-state index is 4.56. The first kappa shape index (κ1) is 13.4. The van der Waals surface area contributed by atoms with Crippen LogP contribution in [0.4, 0.5) is 0 Å². The van der Waals surface area contributed by atoms with Crippen molar-refractivity contribution in [3.63, 3.8) is 0 Å². The normalized spacial score (nSPS) is 12.2. The van der Waals surface area contributed by atoms with Gasteiger partial charge in [-0.15, -0.1) is 0 Å². The van der Waals surface area contributed by atoms with Crippen molar-refractivity contribution in [2.45, 2.75) is 13.0 Å². The third kappa shape index (κ3) is 2.95. The zero-order valence-corrected chi connectivity index (χ0v) is 11.7. The molecule has 1 aromatic carbocycles. The fourth-order valence-corrected chi connectivity index (χ4v) is 2.15. The predicted molar refractivity (Wildman–Crippen MR) is 78.9 cm³/mol. The van der Waals surface area contributed by atoms with E-state index in [9.17, 15) is 0 Å². The summed E-state index contributed by atoms with van der Waals surface area (Å²) in [4.78, 5) is 9.77. The first-order chi connectivity index (χ1) is 10.4. The van der Waals surface area contributed by atoms with E-state index in [0.29, 0.717) is 0 Å². The molecule has 0 spiro atoms. The molecule has 0 saturated carbocycles. The Morgan fingerprint density at radius 1 is 1.10 bits per heavy atom. The molecule has 0 bridgehead atoms. The Balaban J connectivity index is 1.93. The molecule has 2 heterocycles. The smallest absolute Gasteiger partial charge is 0.115 e. The van der Waals surface area contributed by atoms with E-state index in [-0.39, 0.29) is 6.04 Å². The summed E-state index contributed by atoms with van der Waals surface area (Å²) in [6.07, 6.45) is 6.88. The van der Waals surface area contributed by atoms with Crippen LogP contribution in [0.25, 0.3) is 5.69 Å². The number of hydrogen-bond acceptors (Lipinski definition) is 5. The monoisotopic (exact) mass is 280 g/mol. The van der Waals surface area contributed by atoms with Gasteiger partial charge in [-0.05, 0) is 18.7 Å². The topological polar surface area (TPSA) is 68.5 Å². The van der Waals surface area contributed by atoms with Gasteiger partial charge in [-0.2, -0.15) is 15.0 Å². The fraction of sp³-hybridized carbons (Fsp3) is 0.200. The molecule has 106 valence electrons. The minimum Gasteiger partial charge on any atom is -0.305 e. The van der Waals surface area contributed by atoms with E-state index < -0.39 is 0 Å². The zero-order chi connectivity index (χ0) is 14.5. The van der Waals surface area contributed by atoms with Crippen LogP contribution in [0.15, 0.2) is 55.2 Å². The summed E-state index contributed by atoms with van der Waals surface area (Å²) >= 11 is 0. The van der Waals surface area contributed by atoms with Crippen molar-refractivity contribution < 1.29 is 0 Å². The minimum atomic E-state index is -0.0614. The molecule has 1 unspecified atom stereocenters. The van der Waals surface area contributed by atoms with Crippen molar-refractivity contribution in [1.29, 1.82) is 0 Å². The van der Waals surface area contributed by atoms with Crippen LogP contribution in [0, 0.1) is 0 Å². The summed E-state index contributed by atoms with van der Waals surface area (Å²) in [5, 5.41) is 12.3. The molecule has 0 radical (unpaired) electrons. The quantitative estimate of drug-likeness (QED) is 0.771. The standard InChI is InChI=1S/C15H16N6/c1-2-18-15(12-8-16-11-17-9-12)14-10-19-21(20-14)13-6-4-3-5-7-13/h3-11,15,18H,2H2,1H3. The highest BCUT2D eigenvalue weighted by atomic mass is 15.5. The van der Waals surface area contributed by atoms with Gasteiger partial charge in [-0.25, -0.2) is 9.97 Å². The maximum atomic E-state index is 4.56. The third-order valence-electron chi connectivity index (χ3n) is 3.11. The molecule has 0 amide bonds. The van der Waals surface area contributed by atoms with Gasteiger partial charge in [0.1, 0.15) is 12.0 Å². The number of aromatic nitrogens is 5. The van der Waals surface area contributed by atoms with Crippen LogP contribution >= 0.6 is 0 Å². The molecule has 0 aliphatic heterocycles. The Morgan fingerprint density at radius 2 is 1.86 bits per heavy atom. The molecule has 2 aromatic heterocycles. The Hall–Kier alpha value is -2.60. The van der Waals surface area contributed by atoms with E-state index in [0.717, 1.165) is 23.5 Å². The van der Waals surface area contributed by atoms with Gasteiger partial charge in [-0.3, -0.25) is 0 Å². The van der Waals surface area contributed by atoms with Crippen LogP contribution in [0.5, 0.6) is 0 Å².